The molecule has 12 heavy (non-hydrogen) atoms. The van der Waals surface area contributed by atoms with Crippen LogP contribution in [0.5, 0.6) is 5.19 Å². The van der Waals surface area contributed by atoms with Crippen LogP contribution in [-0.2, 0) is 6.61 Å². The van der Waals surface area contributed by atoms with E-state index < -0.39 is 0 Å². The summed E-state index contributed by atoms with van der Waals surface area (Å²) in [6.07, 6.45) is 0. The molecule has 0 unspecified atom stereocenters. The van der Waals surface area contributed by atoms with Crippen LogP contribution in [0.25, 0.3) is 0 Å². The molecule has 0 aliphatic carbocycles. The average Bonchev–Trinajstić information content (AvgIpc) is 2.32. The van der Waals surface area contributed by atoms with Gasteiger partial charge >= 0.3 is 0 Å². The van der Waals surface area contributed by atoms with Gasteiger partial charge in [-0.25, -0.2) is 0 Å². The van der Waals surface area contributed by atoms with Crippen molar-refractivity contribution in [2.75, 3.05) is 0 Å². The number of hydrogen-bond donors (Lipinski definition) is 1. The van der Waals surface area contributed by atoms with Crippen molar-refractivity contribution in [3.8, 4) is 5.19 Å². The third-order valence-corrected chi connectivity index (χ3v) is 1.76. The standard InChI is InChI=1S/C7H12N2O2S/c1-7(2,3)11-6-9-8-5(4-10)12-6/h10H,4H2,1-3H3. The molecular formula is C7H12N2O2S. The smallest absolute Gasteiger partial charge is 0.294 e. The monoisotopic (exact) mass is 188 g/mol. The number of rotatable bonds is 2. The number of nitrogens with zero attached hydrogens (tertiary/aromatic N) is 2. The summed E-state index contributed by atoms with van der Waals surface area (Å²) in [4.78, 5) is 0. The third-order valence-electron chi connectivity index (χ3n) is 0.977. The normalized spacial score (nSPS) is 11.7. The van der Waals surface area contributed by atoms with E-state index in [0.29, 0.717) is 10.2 Å². The van der Waals surface area contributed by atoms with E-state index in [1.54, 1.807) is 0 Å². The van der Waals surface area contributed by atoms with Crippen LogP contribution in [0.1, 0.15) is 25.8 Å². The Bertz CT molecular complexity index is 254. The molecule has 0 saturated carbocycles. The van der Waals surface area contributed by atoms with Crippen LogP contribution in [0, 0.1) is 0 Å². The van der Waals surface area contributed by atoms with Crippen LogP contribution in [0.2, 0.25) is 0 Å². The van der Waals surface area contributed by atoms with Gasteiger partial charge < -0.3 is 9.84 Å². The fourth-order valence-electron chi connectivity index (χ4n) is 0.605. The zero-order valence-corrected chi connectivity index (χ0v) is 8.18. The van der Waals surface area contributed by atoms with Crippen molar-refractivity contribution in [2.24, 2.45) is 0 Å². The second-order valence-electron chi connectivity index (χ2n) is 3.33. The molecule has 1 aromatic rings. The van der Waals surface area contributed by atoms with Crippen molar-refractivity contribution in [1.29, 1.82) is 0 Å². The summed E-state index contributed by atoms with van der Waals surface area (Å²) < 4.78 is 5.42. The van der Waals surface area contributed by atoms with E-state index in [1.165, 1.54) is 11.3 Å². The lowest BCUT2D eigenvalue weighted by molar-refractivity contribution is 0.129. The lowest BCUT2D eigenvalue weighted by Crippen LogP contribution is -2.22. The zero-order valence-electron chi connectivity index (χ0n) is 7.37. The zero-order chi connectivity index (χ0) is 9.19. The quantitative estimate of drug-likeness (QED) is 0.758. The molecule has 0 saturated heterocycles. The first-order valence-electron chi connectivity index (χ1n) is 3.63. The highest BCUT2D eigenvalue weighted by atomic mass is 32.1. The Morgan fingerprint density at radius 3 is 2.50 bits per heavy atom. The highest BCUT2D eigenvalue weighted by Gasteiger charge is 2.14. The molecule has 1 N–H and O–H groups in total. The Morgan fingerprint density at radius 1 is 1.42 bits per heavy atom. The Morgan fingerprint density at radius 2 is 2.08 bits per heavy atom. The summed E-state index contributed by atoms with van der Waals surface area (Å²) in [5.41, 5.74) is -0.258. The van der Waals surface area contributed by atoms with Gasteiger partial charge in [0, 0.05) is 0 Å². The first-order valence-corrected chi connectivity index (χ1v) is 4.45. The summed E-state index contributed by atoms with van der Waals surface area (Å²) in [6, 6.07) is 0. The number of hydrogen-bond acceptors (Lipinski definition) is 5. The Hall–Kier alpha value is -0.680. The maximum absolute atomic E-state index is 8.70. The van der Waals surface area contributed by atoms with Gasteiger partial charge in [-0.3, -0.25) is 0 Å². The molecule has 68 valence electrons. The van der Waals surface area contributed by atoms with Crippen molar-refractivity contribution >= 4 is 11.3 Å². The van der Waals surface area contributed by atoms with Gasteiger partial charge in [0.25, 0.3) is 5.19 Å². The van der Waals surface area contributed by atoms with E-state index >= 15 is 0 Å². The molecule has 0 bridgehead atoms. The molecule has 0 aliphatic rings. The summed E-state index contributed by atoms with van der Waals surface area (Å²) in [7, 11) is 0. The molecular weight excluding hydrogens is 176 g/mol. The molecule has 4 nitrogen and oxygen atoms in total. The molecule has 0 spiro atoms. The molecule has 0 amide bonds. The highest BCUT2D eigenvalue weighted by molar-refractivity contribution is 7.13. The van der Waals surface area contributed by atoms with Gasteiger partial charge in [0.1, 0.15) is 10.6 Å². The fourth-order valence-corrected chi connectivity index (χ4v) is 1.33. The van der Waals surface area contributed by atoms with Crippen LogP contribution in [0.15, 0.2) is 0 Å². The number of aromatic nitrogens is 2. The minimum atomic E-state index is -0.258. The molecule has 0 aromatic carbocycles. The van der Waals surface area contributed by atoms with Gasteiger partial charge in [-0.2, -0.15) is 0 Å². The van der Waals surface area contributed by atoms with Crippen LogP contribution in [0.4, 0.5) is 0 Å². The molecule has 0 atom stereocenters. The van der Waals surface area contributed by atoms with Crippen molar-refractivity contribution in [1.82, 2.24) is 10.2 Å². The predicted molar refractivity (Wildman–Crippen MR) is 46.2 cm³/mol. The molecule has 0 radical (unpaired) electrons. The van der Waals surface area contributed by atoms with Crippen LogP contribution in [0.3, 0.4) is 0 Å². The van der Waals surface area contributed by atoms with Gasteiger partial charge in [-0.05, 0) is 20.8 Å². The predicted octanol–water partition coefficient (Wildman–Crippen LogP) is 1.21. The van der Waals surface area contributed by atoms with E-state index in [0.717, 1.165) is 0 Å². The van der Waals surface area contributed by atoms with Crippen molar-refractivity contribution in [3.63, 3.8) is 0 Å². The Labute approximate surface area is 75.2 Å². The minimum absolute atomic E-state index is 0.0782. The third kappa shape index (κ3) is 2.75. The van der Waals surface area contributed by atoms with E-state index in [1.807, 2.05) is 20.8 Å². The molecule has 1 heterocycles. The van der Waals surface area contributed by atoms with Gasteiger partial charge in [-0.1, -0.05) is 16.4 Å². The van der Waals surface area contributed by atoms with E-state index in [9.17, 15) is 0 Å². The number of aliphatic hydroxyl groups is 1. The lowest BCUT2D eigenvalue weighted by atomic mass is 10.2. The van der Waals surface area contributed by atoms with Gasteiger partial charge in [-0.15, -0.1) is 5.10 Å². The maximum Gasteiger partial charge on any atom is 0.294 e. The molecule has 5 heteroatoms. The first kappa shape index (κ1) is 9.41. The number of aliphatic hydroxyl groups excluding tert-OH is 1. The van der Waals surface area contributed by atoms with Crippen molar-refractivity contribution < 1.29 is 9.84 Å². The van der Waals surface area contributed by atoms with E-state index in [4.69, 9.17) is 9.84 Å². The molecule has 0 aliphatic heterocycles. The second kappa shape index (κ2) is 3.37. The summed E-state index contributed by atoms with van der Waals surface area (Å²) >= 11 is 1.27. The Balaban J connectivity index is 2.64. The second-order valence-corrected chi connectivity index (χ2v) is 4.36. The SMILES string of the molecule is CC(C)(C)Oc1nnc(CO)s1. The Kier molecular flexibility index (Phi) is 2.64. The van der Waals surface area contributed by atoms with Crippen molar-refractivity contribution in [3.05, 3.63) is 5.01 Å². The summed E-state index contributed by atoms with van der Waals surface area (Å²) in [5, 5.41) is 17.3. The van der Waals surface area contributed by atoms with E-state index in [2.05, 4.69) is 10.2 Å². The largest absolute Gasteiger partial charge is 0.463 e. The van der Waals surface area contributed by atoms with Crippen LogP contribution in [-0.4, -0.2) is 20.9 Å². The van der Waals surface area contributed by atoms with Crippen LogP contribution >= 0.6 is 11.3 Å². The highest BCUT2D eigenvalue weighted by Crippen LogP contribution is 2.22. The maximum atomic E-state index is 8.70. The molecule has 0 fully saturated rings. The lowest BCUT2D eigenvalue weighted by Gasteiger charge is -2.17. The van der Waals surface area contributed by atoms with Crippen molar-refractivity contribution in [2.45, 2.75) is 33.0 Å². The number of ether oxygens (including phenoxy) is 1. The van der Waals surface area contributed by atoms with Crippen LogP contribution < -0.4 is 4.74 Å². The van der Waals surface area contributed by atoms with E-state index in [-0.39, 0.29) is 12.2 Å². The van der Waals surface area contributed by atoms with Gasteiger partial charge in [0.15, 0.2) is 0 Å². The van der Waals surface area contributed by atoms with Gasteiger partial charge in [0.2, 0.25) is 0 Å². The fraction of sp³-hybridized carbons (Fsp3) is 0.714. The molecule has 1 aromatic heterocycles. The summed E-state index contributed by atoms with van der Waals surface area (Å²) in [6.45, 7) is 5.73. The summed E-state index contributed by atoms with van der Waals surface area (Å²) in [5.74, 6) is 0. The van der Waals surface area contributed by atoms with Gasteiger partial charge in [0.05, 0.1) is 6.61 Å². The topological polar surface area (TPSA) is 55.2 Å². The first-order chi connectivity index (χ1) is 5.51. The molecule has 1 rings (SSSR count). The average molecular weight is 188 g/mol. The minimum Gasteiger partial charge on any atom is -0.463 e.